The number of hydrogen-bond donors (Lipinski definition) is 0. The molecule has 4 rings (SSSR count). The van der Waals surface area contributed by atoms with Crippen molar-refractivity contribution in [2.75, 3.05) is 0 Å². The maximum atomic E-state index is 12.3. The number of aryl methyl sites for hydroxylation is 1. The second-order valence-corrected chi connectivity index (χ2v) is 6.27. The Labute approximate surface area is 136 Å². The molecule has 5 heteroatoms. The van der Waals surface area contributed by atoms with Gasteiger partial charge < -0.3 is 8.98 Å². The van der Waals surface area contributed by atoms with Gasteiger partial charge in [0.2, 0.25) is 0 Å². The van der Waals surface area contributed by atoms with Crippen LogP contribution < -0.4 is 4.80 Å². The van der Waals surface area contributed by atoms with Crippen molar-refractivity contribution in [2.24, 2.45) is 12.0 Å². The van der Waals surface area contributed by atoms with Crippen molar-refractivity contribution in [3.8, 4) is 0 Å². The smallest absolute Gasteiger partial charge is 0.252 e. The van der Waals surface area contributed by atoms with Gasteiger partial charge in [-0.3, -0.25) is 4.79 Å². The predicted molar refractivity (Wildman–Crippen MR) is 91.3 cm³/mol. The van der Waals surface area contributed by atoms with Crippen molar-refractivity contribution in [1.82, 2.24) is 4.57 Å². The van der Waals surface area contributed by atoms with E-state index < -0.39 is 0 Å². The van der Waals surface area contributed by atoms with Gasteiger partial charge in [0.1, 0.15) is 5.58 Å². The van der Waals surface area contributed by atoms with Crippen LogP contribution in [-0.4, -0.2) is 10.5 Å². The molecule has 0 unspecified atom stereocenters. The number of amides is 1. The van der Waals surface area contributed by atoms with E-state index in [1.54, 1.807) is 6.26 Å². The third-order valence-corrected chi connectivity index (χ3v) is 4.71. The number of fused-ring (bicyclic) bond motifs is 3. The second kappa shape index (κ2) is 5.52. The van der Waals surface area contributed by atoms with Gasteiger partial charge in [-0.25, -0.2) is 0 Å². The molecule has 2 heterocycles. The Balaban J connectivity index is 1.79. The van der Waals surface area contributed by atoms with Crippen molar-refractivity contribution in [2.45, 2.75) is 6.42 Å². The average Bonchev–Trinajstić information content (AvgIpc) is 3.14. The van der Waals surface area contributed by atoms with Crippen LogP contribution >= 0.6 is 11.3 Å². The molecule has 4 nitrogen and oxygen atoms in total. The molecule has 23 heavy (non-hydrogen) atoms. The zero-order valence-electron chi connectivity index (χ0n) is 12.5. The summed E-state index contributed by atoms with van der Waals surface area (Å²) in [6, 6.07) is 12.1. The highest BCUT2D eigenvalue weighted by Gasteiger charge is 2.12. The molecule has 2 aromatic carbocycles. The van der Waals surface area contributed by atoms with Crippen LogP contribution in [0.5, 0.6) is 0 Å². The summed E-state index contributed by atoms with van der Waals surface area (Å²) in [5.74, 6) is -0.168. The molecule has 0 aliphatic carbocycles. The second-order valence-electron chi connectivity index (χ2n) is 5.40. The number of hydrogen-bond acceptors (Lipinski definition) is 3. The minimum atomic E-state index is -0.168. The Morgan fingerprint density at radius 1 is 1.26 bits per heavy atom. The molecular formula is C18H14N2O2S. The quantitative estimate of drug-likeness (QED) is 0.565. The summed E-state index contributed by atoms with van der Waals surface area (Å²) in [6.45, 7) is 0. The Morgan fingerprint density at radius 3 is 2.96 bits per heavy atom. The zero-order valence-corrected chi connectivity index (χ0v) is 13.3. The maximum Gasteiger partial charge on any atom is 0.252 e. The molecule has 0 aliphatic heterocycles. The number of nitrogens with zero attached hydrogens (tertiary/aromatic N) is 2. The lowest BCUT2D eigenvalue weighted by Gasteiger charge is -2.00. The van der Waals surface area contributed by atoms with Crippen molar-refractivity contribution >= 4 is 39.0 Å². The first kappa shape index (κ1) is 14.0. The van der Waals surface area contributed by atoms with E-state index in [-0.39, 0.29) is 12.3 Å². The summed E-state index contributed by atoms with van der Waals surface area (Å²) in [4.78, 5) is 17.2. The van der Waals surface area contributed by atoms with E-state index in [2.05, 4.69) is 17.1 Å². The van der Waals surface area contributed by atoms with Crippen LogP contribution in [0.1, 0.15) is 5.56 Å². The van der Waals surface area contributed by atoms with E-state index in [9.17, 15) is 4.79 Å². The van der Waals surface area contributed by atoms with Crippen LogP contribution in [0.4, 0.5) is 0 Å². The average molecular weight is 322 g/mol. The summed E-state index contributed by atoms with van der Waals surface area (Å²) < 4.78 is 7.46. The third-order valence-electron chi connectivity index (χ3n) is 3.86. The number of carbonyl (C=O) groups is 1. The first-order valence-electron chi connectivity index (χ1n) is 7.28. The predicted octanol–water partition coefficient (Wildman–Crippen LogP) is 3.66. The van der Waals surface area contributed by atoms with Gasteiger partial charge >= 0.3 is 0 Å². The topological polar surface area (TPSA) is 47.5 Å². The lowest BCUT2D eigenvalue weighted by atomic mass is 10.0. The fraction of sp³-hybridized carbons (Fsp3) is 0.111. The van der Waals surface area contributed by atoms with Crippen LogP contribution in [-0.2, 0) is 18.3 Å². The molecule has 0 spiro atoms. The fourth-order valence-corrected chi connectivity index (χ4v) is 3.50. The first-order chi connectivity index (χ1) is 11.2. The Kier molecular flexibility index (Phi) is 3.35. The molecule has 4 aromatic rings. The molecule has 0 saturated heterocycles. The fourth-order valence-electron chi connectivity index (χ4n) is 2.75. The Morgan fingerprint density at radius 2 is 2.13 bits per heavy atom. The van der Waals surface area contributed by atoms with E-state index >= 15 is 0 Å². The zero-order chi connectivity index (χ0) is 15.8. The van der Waals surface area contributed by atoms with Crippen LogP contribution in [0.2, 0.25) is 0 Å². The highest BCUT2D eigenvalue weighted by Crippen LogP contribution is 2.30. The third kappa shape index (κ3) is 2.49. The van der Waals surface area contributed by atoms with Crippen molar-refractivity contribution in [3.05, 3.63) is 64.6 Å². The van der Waals surface area contributed by atoms with Crippen LogP contribution in [0.3, 0.4) is 0 Å². The van der Waals surface area contributed by atoms with E-state index in [1.165, 1.54) is 11.3 Å². The molecule has 0 atom stereocenters. The van der Waals surface area contributed by atoms with Crippen molar-refractivity contribution in [1.29, 1.82) is 0 Å². The summed E-state index contributed by atoms with van der Waals surface area (Å²) in [5.41, 5.74) is 1.68. The van der Waals surface area contributed by atoms with Crippen LogP contribution in [0, 0.1) is 0 Å². The lowest BCUT2D eigenvalue weighted by molar-refractivity contribution is -0.117. The molecule has 0 bridgehead atoms. The SMILES string of the molecule is Cn1ccsc1=NC(=O)Cc1coc2ccc3ccccc3c12. The van der Waals surface area contributed by atoms with Gasteiger partial charge in [-0.2, -0.15) is 4.99 Å². The maximum absolute atomic E-state index is 12.3. The highest BCUT2D eigenvalue weighted by molar-refractivity contribution is 7.07. The molecule has 0 radical (unpaired) electrons. The highest BCUT2D eigenvalue weighted by atomic mass is 32.1. The van der Waals surface area contributed by atoms with Crippen molar-refractivity contribution in [3.63, 3.8) is 0 Å². The number of benzene rings is 2. The summed E-state index contributed by atoms with van der Waals surface area (Å²) in [6.07, 6.45) is 3.79. The number of carbonyl (C=O) groups excluding carboxylic acids is 1. The van der Waals surface area contributed by atoms with Crippen LogP contribution in [0.25, 0.3) is 21.7 Å². The van der Waals surface area contributed by atoms with Gasteiger partial charge in [-0.05, 0) is 16.8 Å². The van der Waals surface area contributed by atoms with E-state index in [4.69, 9.17) is 4.42 Å². The molecule has 1 amide bonds. The first-order valence-corrected chi connectivity index (χ1v) is 8.16. The Hall–Kier alpha value is -2.66. The number of rotatable bonds is 2. The summed E-state index contributed by atoms with van der Waals surface area (Å²) in [5, 5.41) is 5.15. The standard InChI is InChI=1S/C18H14N2O2S/c1-20-8-9-23-18(20)19-16(21)10-13-11-22-15-7-6-12-4-2-3-5-14(12)17(13)15/h2-9,11H,10H2,1H3. The molecule has 0 aliphatic rings. The van der Waals surface area contributed by atoms with E-state index in [0.717, 1.165) is 27.3 Å². The van der Waals surface area contributed by atoms with Gasteiger partial charge in [-0.15, -0.1) is 11.3 Å². The van der Waals surface area contributed by atoms with Crippen molar-refractivity contribution < 1.29 is 9.21 Å². The molecular weight excluding hydrogens is 308 g/mol. The van der Waals surface area contributed by atoms with E-state index in [0.29, 0.717) is 4.80 Å². The molecule has 2 aromatic heterocycles. The molecule has 0 N–H and O–H groups in total. The van der Waals surface area contributed by atoms with Gasteiger partial charge in [0.05, 0.1) is 12.7 Å². The number of aromatic nitrogens is 1. The summed E-state index contributed by atoms with van der Waals surface area (Å²) in [7, 11) is 1.88. The molecule has 0 saturated carbocycles. The minimum absolute atomic E-state index is 0.168. The normalized spacial score (nSPS) is 12.3. The largest absolute Gasteiger partial charge is 0.464 e. The molecule has 0 fully saturated rings. The monoisotopic (exact) mass is 322 g/mol. The van der Waals surface area contributed by atoms with Gasteiger partial charge in [0, 0.05) is 29.6 Å². The van der Waals surface area contributed by atoms with E-state index in [1.807, 2.05) is 47.5 Å². The lowest BCUT2D eigenvalue weighted by Crippen LogP contribution is -2.13. The number of furan rings is 1. The number of thiazole rings is 1. The van der Waals surface area contributed by atoms with Gasteiger partial charge in [-0.1, -0.05) is 30.3 Å². The minimum Gasteiger partial charge on any atom is -0.464 e. The summed E-state index contributed by atoms with van der Waals surface area (Å²) >= 11 is 1.45. The Bertz CT molecular complexity index is 1080. The van der Waals surface area contributed by atoms with Gasteiger partial charge in [0.25, 0.3) is 5.91 Å². The van der Waals surface area contributed by atoms with Gasteiger partial charge in [0.15, 0.2) is 4.80 Å². The molecule has 114 valence electrons. The van der Waals surface area contributed by atoms with Crippen LogP contribution in [0.15, 0.2) is 63.6 Å².